The van der Waals surface area contributed by atoms with E-state index in [1.54, 1.807) is 17.7 Å². The molecule has 0 amide bonds. The molecule has 4 rings (SSSR count). The quantitative estimate of drug-likeness (QED) is 0.530. The van der Waals surface area contributed by atoms with Gasteiger partial charge in [0.25, 0.3) is 5.56 Å². The van der Waals surface area contributed by atoms with E-state index in [-0.39, 0.29) is 5.56 Å². The van der Waals surface area contributed by atoms with Gasteiger partial charge in [-0.2, -0.15) is 0 Å². The highest BCUT2D eigenvalue weighted by Gasteiger charge is 2.10. The molecule has 0 unspecified atom stereocenters. The summed E-state index contributed by atoms with van der Waals surface area (Å²) >= 11 is 2.99. The van der Waals surface area contributed by atoms with Crippen molar-refractivity contribution in [2.45, 2.75) is 10.1 Å². The van der Waals surface area contributed by atoms with Crippen LogP contribution in [0.2, 0.25) is 0 Å². The molecule has 2 heterocycles. The van der Waals surface area contributed by atoms with Crippen LogP contribution in [-0.2, 0) is 12.8 Å². The van der Waals surface area contributed by atoms with Crippen molar-refractivity contribution in [3.05, 3.63) is 70.8 Å². The Morgan fingerprint density at radius 1 is 1.08 bits per heavy atom. The molecule has 0 atom stereocenters. The molecule has 0 aliphatic carbocycles. The van der Waals surface area contributed by atoms with Crippen LogP contribution in [-0.4, -0.2) is 19.7 Å². The van der Waals surface area contributed by atoms with Crippen molar-refractivity contribution in [3.63, 3.8) is 0 Å². The molecule has 0 saturated carbocycles. The van der Waals surface area contributed by atoms with Gasteiger partial charge in [0.1, 0.15) is 5.82 Å². The molecule has 6 nitrogen and oxygen atoms in total. The molecule has 0 fully saturated rings. The molecule has 0 bridgehead atoms. The third-order valence-electron chi connectivity index (χ3n) is 3.83. The number of para-hydroxylation sites is 2. The van der Waals surface area contributed by atoms with Crippen LogP contribution in [0.25, 0.3) is 10.9 Å². The van der Waals surface area contributed by atoms with Gasteiger partial charge in [-0.05, 0) is 24.3 Å². The van der Waals surface area contributed by atoms with Gasteiger partial charge in [0, 0.05) is 12.7 Å². The van der Waals surface area contributed by atoms with Crippen LogP contribution >= 0.6 is 23.1 Å². The van der Waals surface area contributed by atoms with Gasteiger partial charge in [-0.15, -0.1) is 10.2 Å². The summed E-state index contributed by atoms with van der Waals surface area (Å²) in [5.74, 6) is 1.27. The van der Waals surface area contributed by atoms with Gasteiger partial charge < -0.3 is 5.32 Å². The number of aromatic nitrogens is 4. The predicted molar refractivity (Wildman–Crippen MR) is 106 cm³/mol. The minimum absolute atomic E-state index is 0.0325. The summed E-state index contributed by atoms with van der Waals surface area (Å²) in [6, 6.07) is 17.2. The van der Waals surface area contributed by atoms with Gasteiger partial charge in [-0.25, -0.2) is 4.98 Å². The van der Waals surface area contributed by atoms with Crippen molar-refractivity contribution in [2.75, 3.05) is 5.32 Å². The molecule has 8 heteroatoms. The second kappa shape index (κ2) is 7.27. The Hall–Kier alpha value is -2.71. The summed E-state index contributed by atoms with van der Waals surface area (Å²) in [6.45, 7) is 0. The van der Waals surface area contributed by atoms with Gasteiger partial charge in [-0.1, -0.05) is 53.4 Å². The Morgan fingerprint density at radius 2 is 1.85 bits per heavy atom. The van der Waals surface area contributed by atoms with Crippen LogP contribution in [0, 0.1) is 0 Å². The Kier molecular flexibility index (Phi) is 4.68. The highest BCUT2D eigenvalue weighted by atomic mass is 32.2. The number of fused-ring (bicyclic) bond motifs is 1. The number of nitrogens with one attached hydrogen (secondary N) is 1. The zero-order valence-corrected chi connectivity index (χ0v) is 15.5. The summed E-state index contributed by atoms with van der Waals surface area (Å²) < 4.78 is 2.42. The minimum Gasteiger partial charge on any atom is -0.330 e. The van der Waals surface area contributed by atoms with Crippen molar-refractivity contribution in [3.8, 4) is 0 Å². The summed E-state index contributed by atoms with van der Waals surface area (Å²) in [6.07, 6.45) is 0. The molecule has 2 aromatic heterocycles. The number of anilines is 2. The number of hydrogen-bond donors (Lipinski definition) is 1. The molecule has 130 valence electrons. The number of nitrogens with zero attached hydrogens (tertiary/aromatic N) is 4. The fourth-order valence-corrected chi connectivity index (χ4v) is 4.24. The predicted octanol–water partition coefficient (Wildman–Crippen LogP) is 3.82. The van der Waals surface area contributed by atoms with E-state index >= 15 is 0 Å². The summed E-state index contributed by atoms with van der Waals surface area (Å²) in [5.41, 5.74) is 1.66. The maximum atomic E-state index is 12.4. The van der Waals surface area contributed by atoms with E-state index < -0.39 is 0 Å². The van der Waals surface area contributed by atoms with Crippen LogP contribution in [0.5, 0.6) is 0 Å². The van der Waals surface area contributed by atoms with Crippen LogP contribution in [0.3, 0.4) is 0 Å². The van der Waals surface area contributed by atoms with Crippen molar-refractivity contribution in [1.29, 1.82) is 0 Å². The second-order valence-electron chi connectivity index (χ2n) is 5.56. The first-order chi connectivity index (χ1) is 12.7. The molecule has 2 aromatic carbocycles. The summed E-state index contributed by atoms with van der Waals surface area (Å²) in [5, 5.41) is 13.0. The number of hydrogen-bond acceptors (Lipinski definition) is 7. The fourth-order valence-electron chi connectivity index (χ4n) is 2.48. The molecule has 1 N–H and O–H groups in total. The lowest BCUT2D eigenvalue weighted by Crippen LogP contribution is -2.21. The number of benzene rings is 2. The molecular formula is C18H15N5OS2. The highest BCUT2D eigenvalue weighted by molar-refractivity contribution is 8.00. The molecule has 4 aromatic rings. The normalized spacial score (nSPS) is 11.0. The lowest BCUT2D eigenvalue weighted by atomic mass is 10.2. The van der Waals surface area contributed by atoms with E-state index in [9.17, 15) is 4.79 Å². The van der Waals surface area contributed by atoms with E-state index in [1.807, 2.05) is 48.5 Å². The molecule has 0 radical (unpaired) electrons. The first-order valence-corrected chi connectivity index (χ1v) is 9.74. The monoisotopic (exact) mass is 381 g/mol. The highest BCUT2D eigenvalue weighted by Crippen LogP contribution is 2.29. The zero-order valence-electron chi connectivity index (χ0n) is 13.9. The Bertz CT molecular complexity index is 1110. The molecule has 0 spiro atoms. The fraction of sp³-hybridized carbons (Fsp3) is 0.111. The van der Waals surface area contributed by atoms with Crippen LogP contribution in [0.15, 0.2) is 63.7 Å². The summed E-state index contributed by atoms with van der Waals surface area (Å²) in [4.78, 5) is 17.1. The zero-order chi connectivity index (χ0) is 17.9. The Labute approximate surface area is 157 Å². The maximum Gasteiger partial charge on any atom is 0.261 e. The number of rotatable bonds is 5. The SMILES string of the molecule is Cn1c(CSc2nnc(Nc3ccccc3)s2)nc2ccccc2c1=O. The molecule has 0 saturated heterocycles. The standard InChI is InChI=1S/C18H15N5OS2/c1-23-15(20-14-10-6-5-9-13(14)16(23)24)11-25-18-22-21-17(26-18)19-12-7-3-2-4-8-12/h2-10H,11H2,1H3,(H,19,21). The lowest BCUT2D eigenvalue weighted by Gasteiger charge is -2.07. The van der Waals surface area contributed by atoms with E-state index in [0.717, 1.165) is 20.7 Å². The van der Waals surface area contributed by atoms with E-state index in [1.165, 1.54) is 23.1 Å². The average Bonchev–Trinajstić information content (AvgIpc) is 3.12. The number of thioether (sulfide) groups is 1. The van der Waals surface area contributed by atoms with Crippen LogP contribution < -0.4 is 10.9 Å². The minimum atomic E-state index is -0.0325. The first-order valence-electron chi connectivity index (χ1n) is 7.94. The van der Waals surface area contributed by atoms with E-state index in [0.29, 0.717) is 17.0 Å². The molecule has 0 aliphatic rings. The van der Waals surface area contributed by atoms with Gasteiger partial charge in [0.15, 0.2) is 4.34 Å². The van der Waals surface area contributed by atoms with E-state index in [2.05, 4.69) is 20.5 Å². The second-order valence-corrected chi connectivity index (χ2v) is 7.76. The molecular weight excluding hydrogens is 366 g/mol. The Balaban J connectivity index is 1.50. The van der Waals surface area contributed by atoms with Gasteiger partial charge in [-0.3, -0.25) is 9.36 Å². The van der Waals surface area contributed by atoms with Gasteiger partial charge >= 0.3 is 0 Å². The first kappa shape index (κ1) is 16.7. The average molecular weight is 381 g/mol. The smallest absolute Gasteiger partial charge is 0.261 e. The van der Waals surface area contributed by atoms with Crippen molar-refractivity contribution < 1.29 is 0 Å². The topological polar surface area (TPSA) is 72.7 Å². The van der Waals surface area contributed by atoms with Crippen LogP contribution in [0.4, 0.5) is 10.8 Å². The van der Waals surface area contributed by atoms with Crippen molar-refractivity contribution in [2.24, 2.45) is 7.05 Å². The Morgan fingerprint density at radius 3 is 2.69 bits per heavy atom. The third kappa shape index (κ3) is 3.47. The largest absolute Gasteiger partial charge is 0.330 e. The van der Waals surface area contributed by atoms with Crippen LogP contribution in [0.1, 0.15) is 5.82 Å². The van der Waals surface area contributed by atoms with E-state index in [4.69, 9.17) is 0 Å². The molecule has 26 heavy (non-hydrogen) atoms. The van der Waals surface area contributed by atoms with Crippen molar-refractivity contribution >= 4 is 44.8 Å². The van der Waals surface area contributed by atoms with Crippen molar-refractivity contribution in [1.82, 2.24) is 19.7 Å². The third-order valence-corrected chi connectivity index (χ3v) is 5.80. The van der Waals surface area contributed by atoms with Gasteiger partial charge in [0.2, 0.25) is 5.13 Å². The lowest BCUT2D eigenvalue weighted by molar-refractivity contribution is 0.785. The summed E-state index contributed by atoms with van der Waals surface area (Å²) in [7, 11) is 1.75. The maximum absolute atomic E-state index is 12.4. The molecule has 0 aliphatic heterocycles. The van der Waals surface area contributed by atoms with Gasteiger partial charge in [0.05, 0.1) is 16.7 Å².